The summed E-state index contributed by atoms with van der Waals surface area (Å²) in [6.45, 7) is 10.3. The van der Waals surface area contributed by atoms with Gasteiger partial charge in [-0.1, -0.05) is 26.2 Å². The van der Waals surface area contributed by atoms with Gasteiger partial charge in [0.05, 0.1) is 14.2 Å². The Labute approximate surface area is 103 Å². The van der Waals surface area contributed by atoms with Crippen LogP contribution in [0.1, 0.15) is 0 Å². The van der Waals surface area contributed by atoms with Crippen LogP contribution in [0.25, 0.3) is 0 Å². The molecule has 0 aromatic heterocycles. The summed E-state index contributed by atoms with van der Waals surface area (Å²) in [6, 6.07) is 0.666. The van der Waals surface area contributed by atoms with E-state index in [1.807, 2.05) is 0 Å². The molecule has 0 heterocycles. The van der Waals surface area contributed by atoms with Crippen molar-refractivity contribution in [3.05, 3.63) is 23.7 Å². The van der Waals surface area contributed by atoms with Crippen LogP contribution in [-0.2, 0) is 14.3 Å². The normalized spacial score (nSPS) is 24.5. The number of Topliss-reactive ketones (excluding diaryl/α,β-unsaturated/α-hetero) is 1. The van der Waals surface area contributed by atoms with E-state index in [-0.39, 0.29) is 11.5 Å². The standard InChI is InChI=1S/C12H20O4Si/c1-8(7-17(4,5)6)12(14)10(13)9(15-2)11(12)16-3/h14H,1,7H2,2-6H3/t12-/m0/s1. The molecule has 0 saturated carbocycles. The molecule has 1 atom stereocenters. The van der Waals surface area contributed by atoms with Gasteiger partial charge in [-0.2, -0.15) is 0 Å². The molecule has 5 heteroatoms. The molecule has 0 fully saturated rings. The third-order valence-corrected chi connectivity index (χ3v) is 4.22. The Hall–Kier alpha value is -1.07. The lowest BCUT2D eigenvalue weighted by Crippen LogP contribution is -2.54. The van der Waals surface area contributed by atoms with Crippen LogP contribution in [-0.4, -0.2) is 38.8 Å². The van der Waals surface area contributed by atoms with E-state index in [9.17, 15) is 9.90 Å². The van der Waals surface area contributed by atoms with Crippen LogP contribution in [0.5, 0.6) is 0 Å². The molecule has 0 aromatic rings. The first-order valence-corrected chi connectivity index (χ1v) is 9.17. The monoisotopic (exact) mass is 256 g/mol. The van der Waals surface area contributed by atoms with Crippen LogP contribution in [0.3, 0.4) is 0 Å². The number of methoxy groups -OCH3 is 2. The van der Waals surface area contributed by atoms with Gasteiger partial charge in [0.2, 0.25) is 17.1 Å². The molecule has 17 heavy (non-hydrogen) atoms. The Bertz CT molecular complexity index is 392. The maximum absolute atomic E-state index is 11.9. The average Bonchev–Trinajstić information content (AvgIpc) is 2.20. The Balaban J connectivity index is 3.03. The summed E-state index contributed by atoms with van der Waals surface area (Å²) >= 11 is 0. The van der Waals surface area contributed by atoms with E-state index < -0.39 is 19.5 Å². The molecular formula is C12H20O4Si. The number of ketones is 1. The second-order valence-electron chi connectivity index (χ2n) is 5.45. The van der Waals surface area contributed by atoms with Gasteiger partial charge in [0.25, 0.3) is 0 Å². The molecule has 4 nitrogen and oxygen atoms in total. The van der Waals surface area contributed by atoms with Crippen molar-refractivity contribution >= 4 is 13.9 Å². The fraction of sp³-hybridized carbons (Fsp3) is 0.583. The lowest BCUT2D eigenvalue weighted by atomic mass is 9.78. The SMILES string of the molecule is C=C(C[Si](C)(C)C)[C@]1(O)C(=O)C(OC)=C1OC. The Morgan fingerprint density at radius 3 is 2.24 bits per heavy atom. The Morgan fingerprint density at radius 1 is 1.35 bits per heavy atom. The number of carbonyl (C=O) groups excluding carboxylic acids is 1. The van der Waals surface area contributed by atoms with Gasteiger partial charge in [-0.25, -0.2) is 0 Å². The summed E-state index contributed by atoms with van der Waals surface area (Å²) < 4.78 is 9.94. The number of ether oxygens (including phenoxy) is 2. The molecular weight excluding hydrogens is 236 g/mol. The third kappa shape index (κ3) is 2.17. The third-order valence-electron chi connectivity index (χ3n) is 2.73. The van der Waals surface area contributed by atoms with Gasteiger partial charge in [0.1, 0.15) is 0 Å². The average molecular weight is 256 g/mol. The first kappa shape index (κ1) is 14.0. The molecule has 1 rings (SSSR count). The number of hydrogen-bond donors (Lipinski definition) is 1. The molecule has 96 valence electrons. The van der Waals surface area contributed by atoms with Crippen LogP contribution in [0.4, 0.5) is 0 Å². The van der Waals surface area contributed by atoms with Crippen molar-refractivity contribution in [1.29, 1.82) is 0 Å². The summed E-state index contributed by atoms with van der Waals surface area (Å²) in [5.41, 5.74) is -1.18. The highest BCUT2D eigenvalue weighted by Gasteiger charge is 2.58. The summed E-state index contributed by atoms with van der Waals surface area (Å²) in [5.74, 6) is -0.194. The molecule has 0 bridgehead atoms. The molecule has 0 aliphatic heterocycles. The molecule has 0 amide bonds. The lowest BCUT2D eigenvalue weighted by Gasteiger charge is -2.39. The molecule has 1 N–H and O–H groups in total. The van der Waals surface area contributed by atoms with Crippen LogP contribution < -0.4 is 0 Å². The van der Waals surface area contributed by atoms with Crippen LogP contribution in [0.15, 0.2) is 23.7 Å². The van der Waals surface area contributed by atoms with E-state index in [1.165, 1.54) is 14.2 Å². The second kappa shape index (κ2) is 4.31. The zero-order chi connectivity index (χ0) is 13.4. The lowest BCUT2D eigenvalue weighted by molar-refractivity contribution is -0.140. The summed E-state index contributed by atoms with van der Waals surface area (Å²) in [5, 5.41) is 10.4. The van der Waals surface area contributed by atoms with Gasteiger partial charge < -0.3 is 14.6 Å². The van der Waals surface area contributed by atoms with Crippen molar-refractivity contribution < 1.29 is 19.4 Å². The summed E-state index contributed by atoms with van der Waals surface area (Å²) in [7, 11) is 1.34. The summed E-state index contributed by atoms with van der Waals surface area (Å²) in [4.78, 5) is 11.9. The van der Waals surface area contributed by atoms with Gasteiger partial charge in [0.15, 0.2) is 5.76 Å². The summed E-state index contributed by atoms with van der Waals surface area (Å²) in [6.07, 6.45) is 0. The van der Waals surface area contributed by atoms with Crippen LogP contribution >= 0.6 is 0 Å². The Morgan fingerprint density at radius 2 is 1.88 bits per heavy atom. The van der Waals surface area contributed by atoms with E-state index in [1.54, 1.807) is 0 Å². The van der Waals surface area contributed by atoms with Gasteiger partial charge in [-0.3, -0.25) is 4.79 Å². The highest BCUT2D eigenvalue weighted by molar-refractivity contribution is 6.76. The molecule has 0 aromatic carbocycles. The highest BCUT2D eigenvalue weighted by Crippen LogP contribution is 2.43. The maximum atomic E-state index is 11.9. The van der Waals surface area contributed by atoms with Crippen molar-refractivity contribution in [1.82, 2.24) is 0 Å². The van der Waals surface area contributed by atoms with E-state index in [0.717, 1.165) is 0 Å². The van der Waals surface area contributed by atoms with Gasteiger partial charge in [0, 0.05) is 8.07 Å². The van der Waals surface area contributed by atoms with E-state index in [2.05, 4.69) is 26.2 Å². The predicted octanol–water partition coefficient (Wildman–Crippen LogP) is 1.70. The first-order valence-electron chi connectivity index (χ1n) is 5.46. The van der Waals surface area contributed by atoms with E-state index in [0.29, 0.717) is 11.6 Å². The van der Waals surface area contributed by atoms with Gasteiger partial charge in [-0.15, -0.1) is 0 Å². The van der Waals surface area contributed by atoms with Gasteiger partial charge in [-0.05, 0) is 11.6 Å². The van der Waals surface area contributed by atoms with Gasteiger partial charge >= 0.3 is 0 Å². The first-order chi connectivity index (χ1) is 7.68. The highest BCUT2D eigenvalue weighted by atomic mass is 28.3. The second-order valence-corrected chi connectivity index (χ2v) is 10.9. The molecule has 0 saturated heterocycles. The minimum atomic E-state index is -1.68. The Kier molecular flexibility index (Phi) is 3.54. The van der Waals surface area contributed by atoms with Crippen LogP contribution in [0, 0.1) is 0 Å². The minimum absolute atomic E-state index is 0.0896. The quantitative estimate of drug-likeness (QED) is 0.601. The fourth-order valence-corrected chi connectivity index (χ4v) is 3.52. The molecule has 0 spiro atoms. The predicted molar refractivity (Wildman–Crippen MR) is 68.3 cm³/mol. The molecule has 0 radical (unpaired) electrons. The zero-order valence-corrected chi connectivity index (χ0v) is 12.1. The maximum Gasteiger partial charge on any atom is 0.244 e. The number of carbonyl (C=O) groups is 1. The number of hydrogen-bond acceptors (Lipinski definition) is 4. The topological polar surface area (TPSA) is 55.8 Å². The molecule has 1 aliphatic rings. The smallest absolute Gasteiger partial charge is 0.244 e. The fourth-order valence-electron chi connectivity index (χ4n) is 1.99. The molecule has 0 unspecified atom stereocenters. The van der Waals surface area contributed by atoms with Crippen molar-refractivity contribution in [3.63, 3.8) is 0 Å². The largest absolute Gasteiger partial charge is 0.493 e. The van der Waals surface area contributed by atoms with Crippen LogP contribution in [0.2, 0.25) is 25.7 Å². The molecule has 1 aliphatic carbocycles. The zero-order valence-electron chi connectivity index (χ0n) is 11.1. The van der Waals surface area contributed by atoms with Crippen molar-refractivity contribution in [2.45, 2.75) is 31.3 Å². The minimum Gasteiger partial charge on any atom is -0.493 e. The number of aliphatic hydroxyl groups is 1. The van der Waals surface area contributed by atoms with Crippen molar-refractivity contribution in [2.24, 2.45) is 0 Å². The van der Waals surface area contributed by atoms with E-state index >= 15 is 0 Å². The van der Waals surface area contributed by atoms with E-state index in [4.69, 9.17) is 9.47 Å². The van der Waals surface area contributed by atoms with Crippen molar-refractivity contribution in [2.75, 3.05) is 14.2 Å². The van der Waals surface area contributed by atoms with Crippen molar-refractivity contribution in [3.8, 4) is 0 Å². The number of rotatable bonds is 5.